The highest BCUT2D eigenvalue weighted by Gasteiger charge is 2.12. The molecule has 0 heterocycles. The summed E-state index contributed by atoms with van der Waals surface area (Å²) in [6.45, 7) is 9.13. The van der Waals surface area contributed by atoms with Crippen molar-refractivity contribution in [3.8, 4) is 0 Å². The zero-order valence-electron chi connectivity index (χ0n) is 12.0. The molecular formula is C16H27NO. The van der Waals surface area contributed by atoms with Gasteiger partial charge in [0.1, 0.15) is 0 Å². The normalized spacial score (nSPS) is 12.6. The molecule has 1 atom stereocenters. The average Bonchev–Trinajstić information content (AvgIpc) is 2.38. The largest absolute Gasteiger partial charge is 0.379 e. The minimum atomic E-state index is 0.317. The molecule has 2 nitrogen and oxygen atoms in total. The summed E-state index contributed by atoms with van der Waals surface area (Å²) >= 11 is 0. The molecular weight excluding hydrogens is 222 g/mol. The van der Waals surface area contributed by atoms with Crippen LogP contribution in [-0.4, -0.2) is 19.8 Å². The first-order valence-electron chi connectivity index (χ1n) is 7.16. The third-order valence-corrected chi connectivity index (χ3v) is 3.19. The van der Waals surface area contributed by atoms with Crippen molar-refractivity contribution in [2.45, 2.75) is 46.1 Å². The van der Waals surface area contributed by atoms with E-state index in [0.29, 0.717) is 6.04 Å². The summed E-state index contributed by atoms with van der Waals surface area (Å²) in [6, 6.07) is 8.86. The number of benzene rings is 1. The third kappa shape index (κ3) is 5.19. The number of ether oxygens (including phenoxy) is 1. The Morgan fingerprint density at radius 2 is 1.94 bits per heavy atom. The molecule has 0 saturated heterocycles. The summed E-state index contributed by atoms with van der Waals surface area (Å²) < 4.78 is 5.80. The zero-order valence-corrected chi connectivity index (χ0v) is 12.0. The van der Waals surface area contributed by atoms with Gasteiger partial charge in [-0.3, -0.25) is 0 Å². The number of hydrogen-bond donors (Lipinski definition) is 1. The molecule has 0 aliphatic rings. The second kappa shape index (κ2) is 9.12. The lowest BCUT2D eigenvalue weighted by Crippen LogP contribution is -2.26. The Balaban J connectivity index is 2.47. The fourth-order valence-electron chi connectivity index (χ4n) is 2.14. The summed E-state index contributed by atoms with van der Waals surface area (Å²) in [5.41, 5.74) is 2.69. The maximum Gasteiger partial charge on any atom is 0.0661 e. The van der Waals surface area contributed by atoms with Crippen LogP contribution in [0.25, 0.3) is 0 Å². The second-order valence-corrected chi connectivity index (χ2v) is 4.75. The van der Waals surface area contributed by atoms with Gasteiger partial charge in [-0.15, -0.1) is 0 Å². The molecule has 0 fully saturated rings. The Bertz CT molecular complexity index is 325. The van der Waals surface area contributed by atoms with E-state index >= 15 is 0 Å². The first kappa shape index (κ1) is 15.2. The fourth-order valence-corrected chi connectivity index (χ4v) is 2.14. The maximum absolute atomic E-state index is 5.80. The van der Waals surface area contributed by atoms with Gasteiger partial charge in [-0.25, -0.2) is 0 Å². The molecule has 0 radical (unpaired) electrons. The SMILES string of the molecule is CCCCCOCC(NCC)c1ccccc1C. The van der Waals surface area contributed by atoms with Crippen LogP contribution >= 0.6 is 0 Å². The number of rotatable bonds is 9. The van der Waals surface area contributed by atoms with Crippen LogP contribution in [0.3, 0.4) is 0 Å². The Morgan fingerprint density at radius 3 is 2.61 bits per heavy atom. The minimum Gasteiger partial charge on any atom is -0.379 e. The second-order valence-electron chi connectivity index (χ2n) is 4.75. The molecule has 102 valence electrons. The van der Waals surface area contributed by atoms with E-state index in [1.807, 2.05) is 0 Å². The topological polar surface area (TPSA) is 21.3 Å². The Kier molecular flexibility index (Phi) is 7.70. The molecule has 0 saturated carbocycles. The lowest BCUT2D eigenvalue weighted by Gasteiger charge is -2.20. The van der Waals surface area contributed by atoms with Crippen molar-refractivity contribution in [3.63, 3.8) is 0 Å². The van der Waals surface area contributed by atoms with Crippen LogP contribution in [0, 0.1) is 6.92 Å². The van der Waals surface area contributed by atoms with Crippen LogP contribution < -0.4 is 5.32 Å². The van der Waals surface area contributed by atoms with Crippen molar-refractivity contribution in [2.24, 2.45) is 0 Å². The number of aryl methyl sites for hydroxylation is 1. The highest BCUT2D eigenvalue weighted by atomic mass is 16.5. The van der Waals surface area contributed by atoms with Crippen molar-refractivity contribution in [2.75, 3.05) is 19.8 Å². The van der Waals surface area contributed by atoms with Gasteiger partial charge in [-0.2, -0.15) is 0 Å². The molecule has 1 aromatic rings. The third-order valence-electron chi connectivity index (χ3n) is 3.19. The number of unbranched alkanes of at least 4 members (excludes halogenated alkanes) is 2. The van der Waals surface area contributed by atoms with Crippen LogP contribution in [0.4, 0.5) is 0 Å². The smallest absolute Gasteiger partial charge is 0.0661 e. The van der Waals surface area contributed by atoms with Crippen molar-refractivity contribution in [3.05, 3.63) is 35.4 Å². The Labute approximate surface area is 112 Å². The molecule has 2 heteroatoms. The van der Waals surface area contributed by atoms with E-state index in [1.54, 1.807) is 0 Å². The summed E-state index contributed by atoms with van der Waals surface area (Å²) in [7, 11) is 0. The van der Waals surface area contributed by atoms with E-state index in [1.165, 1.54) is 30.4 Å². The first-order chi connectivity index (χ1) is 8.79. The molecule has 0 aromatic heterocycles. The quantitative estimate of drug-likeness (QED) is 0.671. The van der Waals surface area contributed by atoms with Crippen molar-refractivity contribution in [1.29, 1.82) is 0 Å². The van der Waals surface area contributed by atoms with Gasteiger partial charge < -0.3 is 10.1 Å². The van der Waals surface area contributed by atoms with Crippen molar-refractivity contribution >= 4 is 0 Å². The van der Waals surface area contributed by atoms with E-state index in [4.69, 9.17) is 4.74 Å². The van der Waals surface area contributed by atoms with Gasteiger partial charge in [0.15, 0.2) is 0 Å². The van der Waals surface area contributed by atoms with Gasteiger partial charge >= 0.3 is 0 Å². The van der Waals surface area contributed by atoms with E-state index < -0.39 is 0 Å². The molecule has 18 heavy (non-hydrogen) atoms. The Hall–Kier alpha value is -0.860. The van der Waals surface area contributed by atoms with Crippen LogP contribution in [0.1, 0.15) is 50.3 Å². The van der Waals surface area contributed by atoms with Gasteiger partial charge in [0.25, 0.3) is 0 Å². The number of hydrogen-bond acceptors (Lipinski definition) is 2. The van der Waals surface area contributed by atoms with E-state index in [0.717, 1.165) is 19.8 Å². The summed E-state index contributed by atoms with van der Waals surface area (Å²) in [5, 5.41) is 3.51. The number of likely N-dealkylation sites (N-methyl/N-ethyl adjacent to an activating group) is 1. The molecule has 0 bridgehead atoms. The van der Waals surface area contributed by atoms with Gasteiger partial charge in [0.2, 0.25) is 0 Å². The van der Waals surface area contributed by atoms with Crippen LogP contribution in [-0.2, 0) is 4.74 Å². The van der Waals surface area contributed by atoms with Crippen LogP contribution in [0.5, 0.6) is 0 Å². The molecule has 1 aromatic carbocycles. The standard InChI is InChI=1S/C16H27NO/c1-4-6-9-12-18-13-16(17-5-2)15-11-8-7-10-14(15)3/h7-8,10-11,16-17H,4-6,9,12-13H2,1-3H3. The average molecular weight is 249 g/mol. The molecule has 0 aliphatic carbocycles. The van der Waals surface area contributed by atoms with E-state index in [9.17, 15) is 0 Å². The van der Waals surface area contributed by atoms with Crippen molar-refractivity contribution < 1.29 is 4.74 Å². The predicted octanol–water partition coefficient (Wildman–Crippen LogP) is 3.85. The zero-order chi connectivity index (χ0) is 13.2. The maximum atomic E-state index is 5.80. The minimum absolute atomic E-state index is 0.317. The van der Waals surface area contributed by atoms with E-state index in [2.05, 4.69) is 50.4 Å². The van der Waals surface area contributed by atoms with E-state index in [-0.39, 0.29) is 0 Å². The fraction of sp³-hybridized carbons (Fsp3) is 0.625. The summed E-state index contributed by atoms with van der Waals surface area (Å²) in [4.78, 5) is 0. The van der Waals surface area contributed by atoms with Gasteiger partial charge in [-0.05, 0) is 31.0 Å². The van der Waals surface area contributed by atoms with Gasteiger partial charge in [0.05, 0.1) is 12.6 Å². The van der Waals surface area contributed by atoms with Crippen LogP contribution in [0.2, 0.25) is 0 Å². The van der Waals surface area contributed by atoms with Gasteiger partial charge in [0, 0.05) is 6.61 Å². The molecule has 1 unspecified atom stereocenters. The highest BCUT2D eigenvalue weighted by molar-refractivity contribution is 5.28. The highest BCUT2D eigenvalue weighted by Crippen LogP contribution is 2.17. The summed E-state index contributed by atoms with van der Waals surface area (Å²) in [5.74, 6) is 0. The first-order valence-corrected chi connectivity index (χ1v) is 7.16. The molecule has 0 spiro atoms. The lowest BCUT2D eigenvalue weighted by molar-refractivity contribution is 0.108. The van der Waals surface area contributed by atoms with Gasteiger partial charge in [-0.1, -0.05) is 51.0 Å². The van der Waals surface area contributed by atoms with Crippen LogP contribution in [0.15, 0.2) is 24.3 Å². The number of nitrogens with one attached hydrogen (secondary N) is 1. The Morgan fingerprint density at radius 1 is 1.17 bits per heavy atom. The summed E-state index contributed by atoms with van der Waals surface area (Å²) in [6.07, 6.45) is 3.68. The molecule has 0 aliphatic heterocycles. The monoisotopic (exact) mass is 249 g/mol. The molecule has 1 rings (SSSR count). The molecule has 1 N–H and O–H groups in total. The van der Waals surface area contributed by atoms with Crippen molar-refractivity contribution in [1.82, 2.24) is 5.32 Å². The molecule has 0 amide bonds. The lowest BCUT2D eigenvalue weighted by atomic mass is 10.0. The predicted molar refractivity (Wildman–Crippen MR) is 77.9 cm³/mol.